The number of nitrogens with one attached hydrogen (secondary N) is 1. The van der Waals surface area contributed by atoms with E-state index in [2.05, 4.69) is 5.32 Å². The minimum absolute atomic E-state index is 0.161. The lowest BCUT2D eigenvalue weighted by molar-refractivity contribution is -0.178. The molecule has 0 aliphatic rings. The molecule has 88 valence electrons. The van der Waals surface area contributed by atoms with Crippen molar-refractivity contribution in [3.05, 3.63) is 0 Å². The molecule has 0 saturated carbocycles. The average Bonchev–Trinajstić information content (AvgIpc) is 2.16. The van der Waals surface area contributed by atoms with Crippen molar-refractivity contribution in [2.75, 3.05) is 27.4 Å². The van der Waals surface area contributed by atoms with Crippen molar-refractivity contribution in [3.63, 3.8) is 0 Å². The minimum Gasteiger partial charge on any atom is -0.462 e. The Hall–Kier alpha value is -1.34. The largest absolute Gasteiger partial charge is 0.462 e. The SMILES string of the molecule is CCOC(=O)[C@](COC)(NC(N)=O)OC. The zero-order chi connectivity index (χ0) is 11.9. The lowest BCUT2D eigenvalue weighted by atomic mass is 10.2. The van der Waals surface area contributed by atoms with Gasteiger partial charge in [0.25, 0.3) is 5.72 Å². The Morgan fingerprint density at radius 2 is 2.00 bits per heavy atom. The topological polar surface area (TPSA) is 99.9 Å². The van der Waals surface area contributed by atoms with Crippen LogP contribution in [0.15, 0.2) is 0 Å². The van der Waals surface area contributed by atoms with Crippen LogP contribution in [0.4, 0.5) is 4.79 Å². The molecule has 0 aromatic heterocycles. The van der Waals surface area contributed by atoms with Crippen molar-refractivity contribution < 1.29 is 23.8 Å². The molecule has 3 N–H and O–H groups in total. The number of ether oxygens (including phenoxy) is 3. The van der Waals surface area contributed by atoms with Gasteiger partial charge >= 0.3 is 12.0 Å². The van der Waals surface area contributed by atoms with Crippen LogP contribution in [0, 0.1) is 0 Å². The van der Waals surface area contributed by atoms with E-state index in [0.29, 0.717) is 0 Å². The van der Waals surface area contributed by atoms with Crippen LogP contribution < -0.4 is 11.1 Å². The van der Waals surface area contributed by atoms with E-state index >= 15 is 0 Å². The highest BCUT2D eigenvalue weighted by molar-refractivity contribution is 5.85. The minimum atomic E-state index is -1.68. The third kappa shape index (κ3) is 3.72. The maximum atomic E-state index is 11.5. The molecule has 0 aliphatic heterocycles. The molecule has 0 aromatic rings. The van der Waals surface area contributed by atoms with Gasteiger partial charge in [0.1, 0.15) is 6.61 Å². The molecule has 0 unspecified atom stereocenters. The van der Waals surface area contributed by atoms with Gasteiger partial charge in [-0.3, -0.25) is 5.32 Å². The fourth-order valence-electron chi connectivity index (χ4n) is 0.989. The molecule has 15 heavy (non-hydrogen) atoms. The summed E-state index contributed by atoms with van der Waals surface area (Å²) >= 11 is 0. The Bertz CT molecular complexity index is 233. The van der Waals surface area contributed by atoms with Crippen LogP contribution in [0.2, 0.25) is 0 Å². The van der Waals surface area contributed by atoms with Gasteiger partial charge in [-0.2, -0.15) is 0 Å². The molecule has 2 amide bonds. The van der Waals surface area contributed by atoms with Crippen LogP contribution >= 0.6 is 0 Å². The van der Waals surface area contributed by atoms with Crippen molar-refractivity contribution in [1.29, 1.82) is 0 Å². The molecular weight excluding hydrogens is 204 g/mol. The summed E-state index contributed by atoms with van der Waals surface area (Å²) in [6.45, 7) is 1.61. The van der Waals surface area contributed by atoms with Gasteiger partial charge in [0.15, 0.2) is 0 Å². The second-order valence-electron chi connectivity index (χ2n) is 2.67. The van der Waals surface area contributed by atoms with Crippen LogP contribution in [0.5, 0.6) is 0 Å². The number of hydrogen-bond donors (Lipinski definition) is 2. The Balaban J connectivity index is 4.77. The molecule has 0 spiro atoms. The van der Waals surface area contributed by atoms with E-state index in [1.165, 1.54) is 14.2 Å². The first kappa shape index (κ1) is 13.7. The first-order chi connectivity index (χ1) is 7.02. The molecule has 1 atom stereocenters. The molecule has 0 aliphatic carbocycles. The van der Waals surface area contributed by atoms with Crippen molar-refractivity contribution in [1.82, 2.24) is 5.32 Å². The molecule has 0 rings (SSSR count). The monoisotopic (exact) mass is 220 g/mol. The number of carbonyl (C=O) groups excluding carboxylic acids is 2. The van der Waals surface area contributed by atoms with Crippen LogP contribution in [0.25, 0.3) is 0 Å². The van der Waals surface area contributed by atoms with Crippen molar-refractivity contribution in [3.8, 4) is 0 Å². The van der Waals surface area contributed by atoms with E-state index in [9.17, 15) is 9.59 Å². The average molecular weight is 220 g/mol. The summed E-state index contributed by atoms with van der Waals surface area (Å²) in [6.07, 6.45) is 0. The Morgan fingerprint density at radius 3 is 2.33 bits per heavy atom. The second kappa shape index (κ2) is 6.20. The van der Waals surface area contributed by atoms with Crippen LogP contribution in [-0.4, -0.2) is 45.2 Å². The van der Waals surface area contributed by atoms with Crippen LogP contribution in [0.3, 0.4) is 0 Å². The lowest BCUT2D eigenvalue weighted by Gasteiger charge is -2.28. The number of methoxy groups -OCH3 is 2. The molecule has 0 bridgehead atoms. The summed E-state index contributed by atoms with van der Waals surface area (Å²) in [7, 11) is 2.60. The predicted octanol–water partition coefficient (Wildman–Crippen LogP) is -0.793. The van der Waals surface area contributed by atoms with Crippen LogP contribution in [-0.2, 0) is 19.0 Å². The molecule has 0 saturated heterocycles. The maximum absolute atomic E-state index is 11.5. The molecular formula is C8H16N2O5. The second-order valence-corrected chi connectivity index (χ2v) is 2.67. The Kier molecular flexibility index (Phi) is 5.65. The van der Waals surface area contributed by atoms with Crippen molar-refractivity contribution in [2.45, 2.75) is 12.6 Å². The first-order valence-corrected chi connectivity index (χ1v) is 4.31. The summed E-state index contributed by atoms with van der Waals surface area (Å²) in [5, 5.41) is 2.15. The van der Waals surface area contributed by atoms with Gasteiger partial charge in [-0.05, 0) is 6.92 Å². The smallest absolute Gasteiger partial charge is 0.362 e. The third-order valence-electron chi connectivity index (χ3n) is 1.63. The van der Waals surface area contributed by atoms with Gasteiger partial charge in [-0.25, -0.2) is 9.59 Å². The third-order valence-corrected chi connectivity index (χ3v) is 1.63. The number of urea groups is 1. The van der Waals surface area contributed by atoms with Gasteiger partial charge in [-0.1, -0.05) is 0 Å². The fraction of sp³-hybridized carbons (Fsp3) is 0.750. The van der Waals surface area contributed by atoms with E-state index in [1.807, 2.05) is 0 Å². The van der Waals surface area contributed by atoms with Crippen molar-refractivity contribution >= 4 is 12.0 Å². The highest BCUT2D eigenvalue weighted by atomic mass is 16.6. The van der Waals surface area contributed by atoms with E-state index in [-0.39, 0.29) is 13.2 Å². The predicted molar refractivity (Wildman–Crippen MR) is 51.0 cm³/mol. The highest BCUT2D eigenvalue weighted by Crippen LogP contribution is 2.09. The van der Waals surface area contributed by atoms with E-state index in [4.69, 9.17) is 19.9 Å². The zero-order valence-electron chi connectivity index (χ0n) is 9.03. The number of esters is 1. The van der Waals surface area contributed by atoms with E-state index in [0.717, 1.165) is 0 Å². The number of amides is 2. The molecule has 0 aromatic carbocycles. The standard InChI is InChI=1S/C8H16N2O5/c1-4-15-6(11)8(14-3,5-13-2)10-7(9)12/h4-5H2,1-3H3,(H3,9,10,12)/t8-/m1/s1. The van der Waals surface area contributed by atoms with Crippen molar-refractivity contribution in [2.24, 2.45) is 5.73 Å². The summed E-state index contributed by atoms with van der Waals surface area (Å²) < 4.78 is 14.4. The summed E-state index contributed by atoms with van der Waals surface area (Å²) in [5.41, 5.74) is 3.24. The van der Waals surface area contributed by atoms with Gasteiger partial charge < -0.3 is 19.9 Å². The molecule has 7 heteroatoms. The molecule has 0 fully saturated rings. The summed E-state index contributed by atoms with van der Waals surface area (Å²) in [5.74, 6) is -0.756. The quantitative estimate of drug-likeness (QED) is 0.451. The lowest BCUT2D eigenvalue weighted by Crippen LogP contribution is -2.61. The van der Waals surface area contributed by atoms with Gasteiger partial charge in [0.05, 0.1) is 6.61 Å². The Labute approximate surface area is 87.8 Å². The summed E-state index contributed by atoms with van der Waals surface area (Å²) in [6, 6.07) is -0.901. The van der Waals surface area contributed by atoms with Gasteiger partial charge in [-0.15, -0.1) is 0 Å². The highest BCUT2D eigenvalue weighted by Gasteiger charge is 2.41. The van der Waals surface area contributed by atoms with Gasteiger partial charge in [0.2, 0.25) is 0 Å². The fourth-order valence-corrected chi connectivity index (χ4v) is 0.989. The molecule has 7 nitrogen and oxygen atoms in total. The van der Waals surface area contributed by atoms with Gasteiger partial charge in [0, 0.05) is 14.2 Å². The Morgan fingerprint density at radius 1 is 1.40 bits per heavy atom. The maximum Gasteiger partial charge on any atom is 0.362 e. The molecule has 0 heterocycles. The number of nitrogens with two attached hydrogens (primary N) is 1. The number of primary amides is 1. The van der Waals surface area contributed by atoms with Crippen LogP contribution in [0.1, 0.15) is 6.92 Å². The molecule has 0 radical (unpaired) electrons. The number of carbonyl (C=O) groups is 2. The first-order valence-electron chi connectivity index (χ1n) is 4.31. The number of hydrogen-bond acceptors (Lipinski definition) is 5. The normalized spacial score (nSPS) is 14.1. The van der Waals surface area contributed by atoms with E-state index < -0.39 is 17.7 Å². The zero-order valence-corrected chi connectivity index (χ0v) is 9.03. The number of rotatable bonds is 6. The van der Waals surface area contributed by atoms with E-state index in [1.54, 1.807) is 6.92 Å². The summed E-state index contributed by atoms with van der Waals surface area (Å²) in [4.78, 5) is 22.2.